The first-order valence-corrected chi connectivity index (χ1v) is 5.29. The van der Waals surface area contributed by atoms with Gasteiger partial charge in [0.15, 0.2) is 5.78 Å². The van der Waals surface area contributed by atoms with E-state index in [0.717, 1.165) is 6.07 Å². The number of halogens is 3. The number of carbonyl (C=O) groups excluding carboxylic acids is 1. The number of benzene rings is 1. The molecule has 0 radical (unpaired) electrons. The summed E-state index contributed by atoms with van der Waals surface area (Å²) in [7, 11) is 0. The fourth-order valence-electron chi connectivity index (χ4n) is 1.83. The molecule has 2 rings (SSSR count). The normalized spacial score (nSPS) is 11.8. The fraction of sp³-hybridized carbons (Fsp3) is 0.231. The van der Waals surface area contributed by atoms with Crippen LogP contribution in [0.3, 0.4) is 0 Å². The van der Waals surface area contributed by atoms with E-state index in [0.29, 0.717) is 10.9 Å². The Morgan fingerprint density at radius 2 is 1.94 bits per heavy atom. The maximum Gasteiger partial charge on any atom is 0.418 e. The number of Topliss-reactive ketones (excluding diaryl/α,β-unsaturated/α-hetero) is 1. The molecule has 0 bridgehead atoms. The van der Waals surface area contributed by atoms with Crippen LogP contribution in [-0.2, 0) is 6.18 Å². The molecule has 18 heavy (non-hydrogen) atoms. The molecular formula is C13H10F3NO. The summed E-state index contributed by atoms with van der Waals surface area (Å²) in [6, 6.07) is 5.38. The smallest absolute Gasteiger partial charge is 0.293 e. The van der Waals surface area contributed by atoms with Gasteiger partial charge in [0.05, 0.1) is 11.1 Å². The molecule has 1 aromatic carbocycles. The number of rotatable bonds is 1. The number of alkyl halides is 3. The number of carbonyl (C=O) groups is 1. The highest BCUT2D eigenvalue weighted by molar-refractivity contribution is 5.96. The third-order valence-corrected chi connectivity index (χ3v) is 2.71. The SMILES string of the molecule is CC(=O)c1cc(C)c2cccc(C(F)(F)F)c2n1. The minimum absolute atomic E-state index is 0.0525. The minimum Gasteiger partial charge on any atom is -0.293 e. The van der Waals surface area contributed by atoms with Crippen LogP contribution in [0.5, 0.6) is 0 Å². The number of ketones is 1. The van der Waals surface area contributed by atoms with Gasteiger partial charge in [-0.05, 0) is 24.6 Å². The van der Waals surface area contributed by atoms with Crippen LogP contribution >= 0.6 is 0 Å². The van der Waals surface area contributed by atoms with Gasteiger partial charge in [-0.2, -0.15) is 13.2 Å². The monoisotopic (exact) mass is 253 g/mol. The summed E-state index contributed by atoms with van der Waals surface area (Å²) in [6.07, 6.45) is -4.48. The molecule has 0 spiro atoms. The van der Waals surface area contributed by atoms with Crippen LogP contribution in [0.4, 0.5) is 13.2 Å². The molecule has 0 saturated heterocycles. The van der Waals surface area contributed by atoms with E-state index in [1.54, 1.807) is 13.0 Å². The second-order valence-electron chi connectivity index (χ2n) is 4.08. The summed E-state index contributed by atoms with van der Waals surface area (Å²) < 4.78 is 38.6. The summed E-state index contributed by atoms with van der Waals surface area (Å²) >= 11 is 0. The molecule has 0 N–H and O–H groups in total. The summed E-state index contributed by atoms with van der Waals surface area (Å²) in [6.45, 7) is 2.94. The molecular weight excluding hydrogens is 243 g/mol. The Morgan fingerprint density at radius 1 is 1.28 bits per heavy atom. The Labute approximate surface area is 101 Å². The van der Waals surface area contributed by atoms with Crippen LogP contribution in [0.2, 0.25) is 0 Å². The lowest BCUT2D eigenvalue weighted by Crippen LogP contribution is -2.08. The van der Waals surface area contributed by atoms with Crippen molar-refractivity contribution in [3.8, 4) is 0 Å². The Hall–Kier alpha value is -1.91. The topological polar surface area (TPSA) is 30.0 Å². The summed E-state index contributed by atoms with van der Waals surface area (Å²) in [5, 5.41) is 0.412. The van der Waals surface area contributed by atoms with E-state index in [4.69, 9.17) is 0 Å². The molecule has 5 heteroatoms. The third kappa shape index (κ3) is 2.08. The summed E-state index contributed by atoms with van der Waals surface area (Å²) in [5.41, 5.74) is -0.325. The number of fused-ring (bicyclic) bond motifs is 1. The zero-order chi connectivity index (χ0) is 13.5. The predicted molar refractivity (Wildman–Crippen MR) is 61.5 cm³/mol. The molecule has 2 aromatic rings. The molecule has 0 fully saturated rings. The molecule has 1 aromatic heterocycles. The summed E-state index contributed by atoms with van der Waals surface area (Å²) in [4.78, 5) is 15.1. The number of nitrogens with zero attached hydrogens (tertiary/aromatic N) is 1. The maximum atomic E-state index is 12.9. The van der Waals surface area contributed by atoms with Crippen molar-refractivity contribution in [1.29, 1.82) is 0 Å². The van der Waals surface area contributed by atoms with Crippen molar-refractivity contribution in [2.24, 2.45) is 0 Å². The first kappa shape index (κ1) is 12.5. The predicted octanol–water partition coefficient (Wildman–Crippen LogP) is 3.76. The molecule has 94 valence electrons. The number of hydrogen-bond donors (Lipinski definition) is 0. The second kappa shape index (κ2) is 4.08. The van der Waals surface area contributed by atoms with Gasteiger partial charge in [0.1, 0.15) is 5.69 Å². The van der Waals surface area contributed by atoms with Crippen molar-refractivity contribution in [2.45, 2.75) is 20.0 Å². The molecule has 2 nitrogen and oxygen atoms in total. The van der Waals surface area contributed by atoms with Gasteiger partial charge < -0.3 is 0 Å². The van der Waals surface area contributed by atoms with Gasteiger partial charge in [0, 0.05) is 12.3 Å². The number of para-hydroxylation sites is 1. The Bertz CT molecular complexity index is 632. The van der Waals surface area contributed by atoms with Gasteiger partial charge >= 0.3 is 6.18 Å². The number of aryl methyl sites for hydroxylation is 1. The van der Waals surface area contributed by atoms with Crippen LogP contribution in [0.15, 0.2) is 24.3 Å². The Balaban J connectivity index is 2.86. The van der Waals surface area contributed by atoms with Crippen LogP contribution in [0, 0.1) is 6.92 Å². The van der Waals surface area contributed by atoms with Crippen molar-refractivity contribution in [3.05, 3.63) is 41.1 Å². The first-order valence-electron chi connectivity index (χ1n) is 5.29. The Morgan fingerprint density at radius 3 is 2.50 bits per heavy atom. The van der Waals surface area contributed by atoms with Crippen molar-refractivity contribution in [1.82, 2.24) is 4.98 Å². The number of pyridine rings is 1. The van der Waals surface area contributed by atoms with Gasteiger partial charge in [0.25, 0.3) is 0 Å². The molecule has 0 atom stereocenters. The van der Waals surface area contributed by atoms with Crippen molar-refractivity contribution >= 4 is 16.7 Å². The van der Waals surface area contributed by atoms with Crippen molar-refractivity contribution in [3.63, 3.8) is 0 Å². The Kier molecular flexibility index (Phi) is 2.84. The van der Waals surface area contributed by atoms with E-state index in [2.05, 4.69) is 4.98 Å². The molecule has 0 aliphatic carbocycles. The van der Waals surface area contributed by atoms with Gasteiger partial charge in [0.2, 0.25) is 0 Å². The number of hydrogen-bond acceptors (Lipinski definition) is 2. The zero-order valence-electron chi connectivity index (χ0n) is 9.80. The standard InChI is InChI=1S/C13H10F3NO/c1-7-6-11(8(2)18)17-12-9(7)4-3-5-10(12)13(14,15)16/h3-6H,1-2H3. The van der Waals surface area contributed by atoms with Gasteiger partial charge in [-0.3, -0.25) is 4.79 Å². The van der Waals surface area contributed by atoms with Crippen LogP contribution in [-0.4, -0.2) is 10.8 Å². The van der Waals surface area contributed by atoms with Crippen LogP contribution < -0.4 is 0 Å². The first-order chi connectivity index (χ1) is 8.30. The average molecular weight is 253 g/mol. The van der Waals surface area contributed by atoms with Crippen molar-refractivity contribution < 1.29 is 18.0 Å². The zero-order valence-corrected chi connectivity index (χ0v) is 9.80. The lowest BCUT2D eigenvalue weighted by Gasteiger charge is -2.11. The quantitative estimate of drug-likeness (QED) is 0.724. The van der Waals surface area contributed by atoms with E-state index in [1.807, 2.05) is 0 Å². The van der Waals surface area contributed by atoms with E-state index in [-0.39, 0.29) is 17.0 Å². The van der Waals surface area contributed by atoms with E-state index >= 15 is 0 Å². The van der Waals surface area contributed by atoms with Gasteiger partial charge in [-0.25, -0.2) is 4.98 Å². The highest BCUT2D eigenvalue weighted by Crippen LogP contribution is 2.34. The average Bonchev–Trinajstić information content (AvgIpc) is 2.26. The van der Waals surface area contributed by atoms with E-state index < -0.39 is 11.7 Å². The lowest BCUT2D eigenvalue weighted by atomic mass is 10.0. The molecule has 0 unspecified atom stereocenters. The number of aromatic nitrogens is 1. The lowest BCUT2D eigenvalue weighted by molar-refractivity contribution is -0.136. The molecule has 0 amide bonds. The third-order valence-electron chi connectivity index (χ3n) is 2.71. The van der Waals surface area contributed by atoms with E-state index in [1.165, 1.54) is 19.1 Å². The maximum absolute atomic E-state index is 12.9. The molecule has 1 heterocycles. The molecule has 0 aliphatic heterocycles. The van der Waals surface area contributed by atoms with Crippen molar-refractivity contribution in [2.75, 3.05) is 0 Å². The van der Waals surface area contributed by atoms with Gasteiger partial charge in [-0.15, -0.1) is 0 Å². The highest BCUT2D eigenvalue weighted by Gasteiger charge is 2.33. The van der Waals surface area contributed by atoms with E-state index in [9.17, 15) is 18.0 Å². The molecule has 0 saturated carbocycles. The molecule has 0 aliphatic rings. The highest BCUT2D eigenvalue weighted by atomic mass is 19.4. The largest absolute Gasteiger partial charge is 0.418 e. The second-order valence-corrected chi connectivity index (χ2v) is 4.08. The minimum atomic E-state index is -4.48. The van der Waals surface area contributed by atoms with Gasteiger partial charge in [-0.1, -0.05) is 12.1 Å². The summed E-state index contributed by atoms with van der Waals surface area (Å²) in [5.74, 6) is -0.350. The van der Waals surface area contributed by atoms with Crippen LogP contribution in [0.25, 0.3) is 10.9 Å². The fourth-order valence-corrected chi connectivity index (χ4v) is 1.83. The van der Waals surface area contributed by atoms with Crippen LogP contribution in [0.1, 0.15) is 28.5 Å².